The molecule has 0 spiro atoms. The molecule has 2 aromatic rings. The maximum absolute atomic E-state index is 5.49. The summed E-state index contributed by atoms with van der Waals surface area (Å²) in [6, 6.07) is 10.7. The minimum absolute atomic E-state index is 0.611. The van der Waals surface area contributed by atoms with E-state index in [1.807, 2.05) is 11.3 Å². The Labute approximate surface area is 87.9 Å². The van der Waals surface area contributed by atoms with Crippen molar-refractivity contribution in [1.82, 2.24) is 0 Å². The Hall–Kier alpha value is -1.12. The first-order valence-electron chi connectivity index (χ1n) is 4.67. The number of rotatable bonds is 2. The lowest BCUT2D eigenvalue weighted by Gasteiger charge is -1.93. The van der Waals surface area contributed by atoms with Crippen molar-refractivity contribution < 1.29 is 0 Å². The van der Waals surface area contributed by atoms with Crippen LogP contribution in [0.15, 0.2) is 36.4 Å². The molecule has 1 aromatic heterocycles. The van der Waals surface area contributed by atoms with Gasteiger partial charge in [0.15, 0.2) is 0 Å². The van der Waals surface area contributed by atoms with Crippen LogP contribution in [0, 0.1) is 0 Å². The van der Waals surface area contributed by atoms with Crippen molar-refractivity contribution >= 4 is 27.0 Å². The predicted molar refractivity (Wildman–Crippen MR) is 64.5 cm³/mol. The van der Waals surface area contributed by atoms with Gasteiger partial charge in [-0.15, -0.1) is 11.3 Å². The van der Waals surface area contributed by atoms with E-state index >= 15 is 0 Å². The van der Waals surface area contributed by atoms with Crippen LogP contribution >= 0.6 is 11.3 Å². The zero-order chi connectivity index (χ0) is 9.97. The Bertz CT molecular complexity index is 435. The summed E-state index contributed by atoms with van der Waals surface area (Å²) in [4.78, 5) is 1.32. The van der Waals surface area contributed by atoms with Crippen LogP contribution in [0.1, 0.15) is 11.8 Å². The van der Waals surface area contributed by atoms with Gasteiger partial charge in [0.1, 0.15) is 0 Å². The van der Waals surface area contributed by atoms with Crippen LogP contribution in [0.4, 0.5) is 0 Å². The molecule has 0 aliphatic heterocycles. The highest BCUT2D eigenvalue weighted by Crippen LogP contribution is 2.29. The molecule has 0 fully saturated rings. The minimum Gasteiger partial charge on any atom is -0.327 e. The zero-order valence-electron chi connectivity index (χ0n) is 8.16. The molecule has 0 aliphatic carbocycles. The van der Waals surface area contributed by atoms with Crippen LogP contribution < -0.4 is 5.73 Å². The van der Waals surface area contributed by atoms with Gasteiger partial charge in [0.2, 0.25) is 0 Å². The topological polar surface area (TPSA) is 26.0 Å². The summed E-state index contributed by atoms with van der Waals surface area (Å²) in [6.07, 6.45) is 2.06. The summed E-state index contributed by atoms with van der Waals surface area (Å²) in [5.41, 5.74) is 6.76. The third kappa shape index (κ3) is 1.72. The first-order chi connectivity index (χ1) is 6.81. The van der Waals surface area contributed by atoms with Crippen molar-refractivity contribution in [2.45, 2.75) is 6.92 Å². The molecule has 2 rings (SSSR count). The molecule has 0 saturated heterocycles. The second-order valence-electron chi connectivity index (χ2n) is 3.27. The number of fused-ring (bicyclic) bond motifs is 1. The second kappa shape index (κ2) is 3.95. The Kier molecular flexibility index (Phi) is 2.66. The Morgan fingerprint density at radius 2 is 2.21 bits per heavy atom. The normalized spacial score (nSPS) is 12.3. The Morgan fingerprint density at radius 1 is 1.43 bits per heavy atom. The van der Waals surface area contributed by atoms with Crippen LogP contribution in [0.3, 0.4) is 0 Å². The van der Waals surface area contributed by atoms with Crippen LogP contribution in [-0.2, 0) is 0 Å². The fourth-order valence-corrected chi connectivity index (χ4v) is 2.51. The maximum atomic E-state index is 5.49. The van der Waals surface area contributed by atoms with E-state index in [-0.39, 0.29) is 0 Å². The van der Waals surface area contributed by atoms with Gasteiger partial charge in [-0.3, -0.25) is 0 Å². The number of hydrogen-bond acceptors (Lipinski definition) is 2. The van der Waals surface area contributed by atoms with E-state index < -0.39 is 0 Å². The second-order valence-corrected chi connectivity index (χ2v) is 4.36. The molecule has 1 aromatic carbocycles. The summed E-state index contributed by atoms with van der Waals surface area (Å²) in [6.45, 7) is 2.72. The molecule has 0 radical (unpaired) electrons. The van der Waals surface area contributed by atoms with E-state index in [0.717, 1.165) is 0 Å². The summed E-state index contributed by atoms with van der Waals surface area (Å²) >= 11 is 1.82. The number of thiophene rings is 1. The third-order valence-corrected chi connectivity index (χ3v) is 3.49. The number of nitrogens with two attached hydrogens (primary N) is 1. The molecule has 0 bridgehead atoms. The number of benzene rings is 1. The molecule has 0 saturated carbocycles. The van der Waals surface area contributed by atoms with E-state index in [9.17, 15) is 0 Å². The molecule has 72 valence electrons. The van der Waals surface area contributed by atoms with E-state index in [0.29, 0.717) is 6.54 Å². The SMILES string of the molecule is C/C(=C/CN)c1cc2ccccc2s1. The molecular formula is C12H13NS. The van der Waals surface area contributed by atoms with Gasteiger partial charge in [-0.05, 0) is 30.0 Å². The van der Waals surface area contributed by atoms with Gasteiger partial charge in [0.25, 0.3) is 0 Å². The largest absolute Gasteiger partial charge is 0.327 e. The standard InChI is InChI=1S/C12H13NS/c1-9(6-7-13)12-8-10-4-2-3-5-11(10)14-12/h2-6,8H,7,13H2,1H3/b9-6-. The Balaban J connectivity index is 2.50. The van der Waals surface area contributed by atoms with E-state index in [4.69, 9.17) is 5.73 Å². The molecule has 2 heteroatoms. The van der Waals surface area contributed by atoms with Crippen LogP contribution in [0.2, 0.25) is 0 Å². The molecule has 0 atom stereocenters. The predicted octanol–water partition coefficient (Wildman–Crippen LogP) is 3.26. The molecule has 1 heterocycles. The van der Waals surface area contributed by atoms with Gasteiger partial charge in [-0.25, -0.2) is 0 Å². The molecule has 0 amide bonds. The lowest BCUT2D eigenvalue weighted by molar-refractivity contribution is 1.25. The van der Waals surface area contributed by atoms with Crippen LogP contribution in [0.25, 0.3) is 15.7 Å². The van der Waals surface area contributed by atoms with Gasteiger partial charge in [-0.1, -0.05) is 24.3 Å². The minimum atomic E-state index is 0.611. The first-order valence-corrected chi connectivity index (χ1v) is 5.48. The summed E-state index contributed by atoms with van der Waals surface area (Å²) in [7, 11) is 0. The highest BCUT2D eigenvalue weighted by atomic mass is 32.1. The number of allylic oxidation sites excluding steroid dienone is 1. The molecule has 14 heavy (non-hydrogen) atoms. The van der Waals surface area contributed by atoms with Gasteiger partial charge in [0.05, 0.1) is 0 Å². The van der Waals surface area contributed by atoms with E-state index in [2.05, 4.69) is 43.3 Å². The van der Waals surface area contributed by atoms with Gasteiger partial charge < -0.3 is 5.73 Å². The zero-order valence-corrected chi connectivity index (χ0v) is 8.97. The Morgan fingerprint density at radius 3 is 2.93 bits per heavy atom. The van der Waals surface area contributed by atoms with Gasteiger partial charge in [0, 0.05) is 16.1 Å². The van der Waals surface area contributed by atoms with Crippen LogP contribution in [0.5, 0.6) is 0 Å². The smallest absolute Gasteiger partial charge is 0.0349 e. The average molecular weight is 203 g/mol. The van der Waals surface area contributed by atoms with Crippen LogP contribution in [-0.4, -0.2) is 6.54 Å². The van der Waals surface area contributed by atoms with Crippen molar-refractivity contribution in [3.8, 4) is 0 Å². The average Bonchev–Trinajstić information content (AvgIpc) is 2.61. The molecule has 1 nitrogen and oxygen atoms in total. The lowest BCUT2D eigenvalue weighted by Crippen LogP contribution is -1.93. The lowest BCUT2D eigenvalue weighted by atomic mass is 10.2. The monoisotopic (exact) mass is 203 g/mol. The molecule has 2 N–H and O–H groups in total. The van der Waals surface area contributed by atoms with Crippen molar-refractivity contribution in [3.05, 3.63) is 41.3 Å². The fraction of sp³-hybridized carbons (Fsp3) is 0.167. The van der Waals surface area contributed by atoms with E-state index in [1.54, 1.807) is 0 Å². The molecule has 0 aliphatic rings. The summed E-state index contributed by atoms with van der Waals surface area (Å²) in [5.74, 6) is 0. The highest BCUT2D eigenvalue weighted by Gasteiger charge is 2.01. The highest BCUT2D eigenvalue weighted by molar-refractivity contribution is 7.20. The van der Waals surface area contributed by atoms with Crippen molar-refractivity contribution in [2.75, 3.05) is 6.54 Å². The van der Waals surface area contributed by atoms with Crippen molar-refractivity contribution in [3.63, 3.8) is 0 Å². The summed E-state index contributed by atoms with van der Waals surface area (Å²) < 4.78 is 1.34. The van der Waals surface area contributed by atoms with Crippen molar-refractivity contribution in [2.24, 2.45) is 5.73 Å². The van der Waals surface area contributed by atoms with Gasteiger partial charge in [-0.2, -0.15) is 0 Å². The quantitative estimate of drug-likeness (QED) is 0.796. The maximum Gasteiger partial charge on any atom is 0.0349 e. The van der Waals surface area contributed by atoms with Gasteiger partial charge >= 0.3 is 0 Å². The third-order valence-electron chi connectivity index (χ3n) is 2.24. The van der Waals surface area contributed by atoms with E-state index in [1.165, 1.54) is 20.5 Å². The first kappa shape index (κ1) is 9.44. The number of hydrogen-bond donors (Lipinski definition) is 1. The fourth-order valence-electron chi connectivity index (χ4n) is 1.45. The summed E-state index contributed by atoms with van der Waals surface area (Å²) in [5, 5.41) is 1.32. The van der Waals surface area contributed by atoms with Crippen molar-refractivity contribution in [1.29, 1.82) is 0 Å². The molecule has 0 unspecified atom stereocenters. The molecular weight excluding hydrogens is 190 g/mol.